The van der Waals surface area contributed by atoms with E-state index in [1.54, 1.807) is 0 Å². The van der Waals surface area contributed by atoms with E-state index >= 15 is 0 Å². The molecule has 0 saturated heterocycles. The quantitative estimate of drug-likeness (QED) is 0.120. The van der Waals surface area contributed by atoms with E-state index in [0.29, 0.717) is 0 Å². The van der Waals surface area contributed by atoms with Crippen LogP contribution >= 0.6 is 0 Å². The SMILES string of the molecule is c1ccc(-c2ccccc2-c2c3ccccc3c(-c3ccc4ccc(-c5ccc(-c6ccc7ccccc7c6)cc5)cc4c3)c3ccccc23)cc1.c1ccc(-c2ccccc2-c2c3ccccc3c(-c3ccc4ccc(-c5ccc(-c6cccc7ccccc67)cc5)cc4c3)c3ccccc23)cc1. The molecule has 0 unspecified atom stereocenters. The highest BCUT2D eigenvalue weighted by molar-refractivity contribution is 6.24. The molecule has 0 aliphatic carbocycles. The number of benzene rings is 20. The van der Waals surface area contributed by atoms with Gasteiger partial charge in [-0.15, -0.1) is 0 Å². The Hall–Kier alpha value is -13.5. The highest BCUT2D eigenvalue weighted by atomic mass is 14.3. The summed E-state index contributed by atoms with van der Waals surface area (Å²) < 4.78 is 0. The Morgan fingerprint density at radius 2 is 0.337 bits per heavy atom. The van der Waals surface area contributed by atoms with Gasteiger partial charge in [0.2, 0.25) is 0 Å². The molecule has 104 heavy (non-hydrogen) atoms. The molecule has 0 radical (unpaired) electrons. The maximum atomic E-state index is 2.38. The monoisotopic (exact) mass is 1320 g/mol. The van der Waals surface area contributed by atoms with Crippen LogP contribution in [0.3, 0.4) is 0 Å². The first kappa shape index (κ1) is 61.6. The average molecular weight is 1320 g/mol. The third kappa shape index (κ3) is 11.2. The predicted octanol–water partition coefficient (Wildman–Crippen LogP) is 29.3. The van der Waals surface area contributed by atoms with Crippen LogP contribution < -0.4 is 0 Å². The summed E-state index contributed by atoms with van der Waals surface area (Å²) in [4.78, 5) is 0. The van der Waals surface area contributed by atoms with Crippen molar-refractivity contribution in [2.75, 3.05) is 0 Å². The molecule has 0 heteroatoms. The minimum Gasteiger partial charge on any atom is -0.0622 e. The number of rotatable bonds is 10. The van der Waals surface area contributed by atoms with Crippen molar-refractivity contribution >= 4 is 86.2 Å². The van der Waals surface area contributed by atoms with Crippen LogP contribution in [0.15, 0.2) is 413 Å². The summed E-state index contributed by atoms with van der Waals surface area (Å²) >= 11 is 0. The van der Waals surface area contributed by atoms with Crippen LogP contribution in [0.1, 0.15) is 0 Å². The summed E-state index contributed by atoms with van der Waals surface area (Å²) in [5.41, 5.74) is 24.9. The van der Waals surface area contributed by atoms with Crippen molar-refractivity contribution in [1.82, 2.24) is 0 Å². The van der Waals surface area contributed by atoms with Crippen molar-refractivity contribution in [2.45, 2.75) is 0 Å². The van der Waals surface area contributed by atoms with Gasteiger partial charge in [0.25, 0.3) is 0 Å². The van der Waals surface area contributed by atoms with Crippen LogP contribution in [0, 0.1) is 0 Å². The fourth-order valence-electron chi connectivity index (χ4n) is 16.3. The Morgan fingerprint density at radius 1 is 0.0962 bits per heavy atom. The molecule has 0 heterocycles. The lowest BCUT2D eigenvalue weighted by Gasteiger charge is -2.20. The molecule has 0 saturated carbocycles. The molecule has 0 aromatic heterocycles. The van der Waals surface area contributed by atoms with Gasteiger partial charge >= 0.3 is 0 Å². The van der Waals surface area contributed by atoms with E-state index in [-0.39, 0.29) is 0 Å². The molecule has 0 spiro atoms. The van der Waals surface area contributed by atoms with Gasteiger partial charge in [-0.25, -0.2) is 0 Å². The second kappa shape index (κ2) is 26.5. The van der Waals surface area contributed by atoms with Crippen LogP contribution in [-0.4, -0.2) is 0 Å². The molecule has 20 aromatic carbocycles. The largest absolute Gasteiger partial charge is 0.0622 e. The second-order valence-electron chi connectivity index (χ2n) is 27.3. The van der Waals surface area contributed by atoms with E-state index in [2.05, 4.69) is 413 Å². The number of hydrogen-bond acceptors (Lipinski definition) is 0. The molecule has 0 bridgehead atoms. The van der Waals surface area contributed by atoms with Gasteiger partial charge in [0.05, 0.1) is 0 Å². The summed E-state index contributed by atoms with van der Waals surface area (Å²) in [6.45, 7) is 0. The zero-order chi connectivity index (χ0) is 68.9. The van der Waals surface area contributed by atoms with Crippen LogP contribution in [0.25, 0.3) is 197 Å². The topological polar surface area (TPSA) is 0 Å². The van der Waals surface area contributed by atoms with Gasteiger partial charge in [0.15, 0.2) is 0 Å². The Morgan fingerprint density at radius 3 is 0.740 bits per heavy atom. The minimum atomic E-state index is 1.22. The van der Waals surface area contributed by atoms with Crippen molar-refractivity contribution in [3.05, 3.63) is 413 Å². The van der Waals surface area contributed by atoms with Crippen molar-refractivity contribution < 1.29 is 0 Å². The molecule has 20 rings (SSSR count). The van der Waals surface area contributed by atoms with E-state index in [1.807, 2.05) is 0 Å². The van der Waals surface area contributed by atoms with Crippen LogP contribution in [0.2, 0.25) is 0 Å². The molecular weight excluding hydrogens is 1250 g/mol. The van der Waals surface area contributed by atoms with Crippen molar-refractivity contribution in [2.24, 2.45) is 0 Å². The first-order valence-corrected chi connectivity index (χ1v) is 36.0. The molecule has 0 atom stereocenters. The second-order valence-corrected chi connectivity index (χ2v) is 27.3. The first-order valence-electron chi connectivity index (χ1n) is 36.0. The van der Waals surface area contributed by atoms with Crippen molar-refractivity contribution in [3.63, 3.8) is 0 Å². The smallest absolute Gasteiger partial charge is 0.00201 e. The van der Waals surface area contributed by atoms with Crippen molar-refractivity contribution in [3.8, 4) is 111 Å². The molecular formula is C104H68. The van der Waals surface area contributed by atoms with Gasteiger partial charge in [-0.3, -0.25) is 0 Å². The highest BCUT2D eigenvalue weighted by Gasteiger charge is 2.22. The Bertz CT molecular complexity index is 6550. The van der Waals surface area contributed by atoms with E-state index in [0.717, 1.165) is 0 Å². The third-order valence-electron chi connectivity index (χ3n) is 21.3. The minimum absolute atomic E-state index is 1.22. The zero-order valence-electron chi connectivity index (χ0n) is 57.3. The molecule has 0 nitrogen and oxygen atoms in total. The van der Waals surface area contributed by atoms with E-state index in [1.165, 1.54) is 197 Å². The lowest BCUT2D eigenvalue weighted by Crippen LogP contribution is -1.92. The Balaban J connectivity index is 0.000000143. The van der Waals surface area contributed by atoms with Crippen LogP contribution in [0.4, 0.5) is 0 Å². The standard InChI is InChI=1S/2C52H34/c1-2-13-37(14-3-1)45-18-6-7-19-46(45)52-49-22-10-8-20-47(49)51(48-21-9-11-23-50(48)52)41-32-28-36-27-31-40(33-42(36)34-41)35-25-29-39(30-26-35)44-24-12-16-38-15-4-5-17-43(38)44;1-2-13-39(14-3-1)45-16-6-7-17-46(45)52-49-20-10-8-18-47(49)51(48-19-9-11-21-50(48)52)43-31-28-38-27-30-42(33-44(38)34-43)37-24-22-36(23-25-37)41-29-26-35-12-4-5-15-40(35)32-41/h2*1-34H. The van der Waals surface area contributed by atoms with Crippen molar-refractivity contribution in [1.29, 1.82) is 0 Å². The summed E-state index contributed by atoms with van der Waals surface area (Å²) in [5, 5.41) is 20.1. The van der Waals surface area contributed by atoms with Gasteiger partial charge in [0, 0.05) is 0 Å². The third-order valence-corrected chi connectivity index (χ3v) is 21.3. The van der Waals surface area contributed by atoms with Gasteiger partial charge in [-0.1, -0.05) is 382 Å². The average Bonchev–Trinajstić information content (AvgIpc) is 0.733. The zero-order valence-corrected chi connectivity index (χ0v) is 57.3. The molecule has 0 N–H and O–H groups in total. The molecule has 0 aliphatic heterocycles. The maximum Gasteiger partial charge on any atom is -0.00201 e. The van der Waals surface area contributed by atoms with Gasteiger partial charge in [-0.2, -0.15) is 0 Å². The van der Waals surface area contributed by atoms with E-state index in [4.69, 9.17) is 0 Å². The lowest BCUT2D eigenvalue weighted by molar-refractivity contribution is 1.60. The van der Waals surface area contributed by atoms with Gasteiger partial charge < -0.3 is 0 Å². The number of hydrogen-bond donors (Lipinski definition) is 0. The lowest BCUT2D eigenvalue weighted by atomic mass is 9.83. The number of fused-ring (bicyclic) bond motifs is 8. The fraction of sp³-hybridized carbons (Fsp3) is 0. The molecule has 484 valence electrons. The van der Waals surface area contributed by atoms with E-state index in [9.17, 15) is 0 Å². The molecule has 0 fully saturated rings. The summed E-state index contributed by atoms with van der Waals surface area (Å²) in [6, 6.07) is 151. The predicted molar refractivity (Wildman–Crippen MR) is 447 cm³/mol. The van der Waals surface area contributed by atoms with E-state index < -0.39 is 0 Å². The fourth-order valence-corrected chi connectivity index (χ4v) is 16.3. The van der Waals surface area contributed by atoms with Gasteiger partial charge in [-0.05, 0) is 228 Å². The summed E-state index contributed by atoms with van der Waals surface area (Å²) in [5.74, 6) is 0. The summed E-state index contributed by atoms with van der Waals surface area (Å²) in [7, 11) is 0. The Kier molecular flexibility index (Phi) is 15.7. The summed E-state index contributed by atoms with van der Waals surface area (Å²) in [6.07, 6.45) is 0. The molecule has 0 aliphatic rings. The van der Waals surface area contributed by atoms with Crippen LogP contribution in [-0.2, 0) is 0 Å². The first-order chi connectivity index (χ1) is 51.6. The molecule has 0 amide bonds. The highest BCUT2D eigenvalue weighted by Crippen LogP contribution is 2.49. The van der Waals surface area contributed by atoms with Gasteiger partial charge in [0.1, 0.15) is 0 Å². The molecule has 20 aromatic rings. The normalized spacial score (nSPS) is 11.5. The Labute approximate surface area is 606 Å². The van der Waals surface area contributed by atoms with Crippen LogP contribution in [0.5, 0.6) is 0 Å². The maximum absolute atomic E-state index is 2.38.